The molecule has 0 unspecified atom stereocenters. The predicted molar refractivity (Wildman–Crippen MR) is 67.4 cm³/mol. The molecule has 2 N–H and O–H groups in total. The third-order valence-corrected chi connectivity index (χ3v) is 2.75. The fourth-order valence-electron chi connectivity index (χ4n) is 1.89. The average Bonchev–Trinajstić information content (AvgIpc) is 2.65. The number of pyridine rings is 1. The Morgan fingerprint density at radius 1 is 1.20 bits per heavy atom. The highest BCUT2D eigenvalue weighted by Crippen LogP contribution is 2.36. The number of hydrogen-bond acceptors (Lipinski definition) is 4. The molecular formula is C11H13BF3N3O2. The smallest absolute Gasteiger partial charge is 0.423 e. The van der Waals surface area contributed by atoms with Gasteiger partial charge in [0.05, 0.1) is 10.9 Å². The largest absolute Gasteiger partial charge is 0.490 e. The lowest BCUT2D eigenvalue weighted by Gasteiger charge is -2.23. The molecule has 5 nitrogen and oxygen atoms in total. The first-order valence-corrected chi connectivity index (χ1v) is 5.84. The van der Waals surface area contributed by atoms with Gasteiger partial charge in [0.15, 0.2) is 11.3 Å². The first-order valence-electron chi connectivity index (χ1n) is 5.84. The molecule has 0 bridgehead atoms. The Morgan fingerprint density at radius 3 is 2.25 bits per heavy atom. The topological polar surface area (TPSA) is 71.2 Å². The lowest BCUT2D eigenvalue weighted by molar-refractivity contribution is -0.144. The maximum Gasteiger partial charge on any atom is 0.490 e. The van der Waals surface area contributed by atoms with E-state index in [9.17, 15) is 13.2 Å². The maximum absolute atomic E-state index is 13.3. The van der Waals surface area contributed by atoms with Crippen molar-refractivity contribution in [3.8, 4) is 0 Å². The zero-order chi connectivity index (χ0) is 15.3. The van der Waals surface area contributed by atoms with Crippen LogP contribution in [0.3, 0.4) is 0 Å². The fraction of sp³-hybridized carbons (Fsp3) is 0.455. The number of fused-ring (bicyclic) bond motifs is 1. The number of hydrogen-bond donors (Lipinski definition) is 2. The van der Waals surface area contributed by atoms with Crippen LogP contribution in [0, 0.1) is 0 Å². The van der Waals surface area contributed by atoms with E-state index in [-0.39, 0.29) is 16.5 Å². The second kappa shape index (κ2) is 4.46. The summed E-state index contributed by atoms with van der Waals surface area (Å²) in [5, 5.41) is 21.7. The molecule has 0 aromatic carbocycles. The molecule has 0 radical (unpaired) electrons. The van der Waals surface area contributed by atoms with Crippen molar-refractivity contribution in [2.75, 3.05) is 0 Å². The molecular weight excluding hydrogens is 274 g/mol. The van der Waals surface area contributed by atoms with Crippen molar-refractivity contribution < 1.29 is 23.2 Å². The highest BCUT2D eigenvalue weighted by atomic mass is 19.4. The summed E-state index contributed by atoms with van der Waals surface area (Å²) in [4.78, 5) is 3.76. The molecule has 0 saturated carbocycles. The van der Waals surface area contributed by atoms with Crippen LogP contribution in [0.4, 0.5) is 13.2 Å². The van der Waals surface area contributed by atoms with E-state index in [0.717, 1.165) is 16.9 Å². The van der Waals surface area contributed by atoms with E-state index in [1.807, 2.05) is 0 Å². The van der Waals surface area contributed by atoms with Crippen LogP contribution in [-0.2, 0) is 11.7 Å². The van der Waals surface area contributed by atoms with Gasteiger partial charge in [-0.2, -0.15) is 18.3 Å². The first-order chi connectivity index (χ1) is 9.01. The van der Waals surface area contributed by atoms with Crippen LogP contribution in [0.1, 0.15) is 26.5 Å². The molecule has 0 spiro atoms. The Hall–Kier alpha value is -1.61. The van der Waals surface area contributed by atoms with Gasteiger partial charge in [-0.1, -0.05) is 0 Å². The standard InChI is InChI=1S/C11H13BF3N3O2/c1-10(2,3)18-8(11(13,14)15)7-4-6(12(19)20)5-16-9(7)17-18/h4-5,19-20H,1-3H3. The van der Waals surface area contributed by atoms with Crippen molar-refractivity contribution in [3.63, 3.8) is 0 Å². The molecule has 108 valence electrons. The highest BCUT2D eigenvalue weighted by molar-refractivity contribution is 6.58. The monoisotopic (exact) mass is 287 g/mol. The minimum Gasteiger partial charge on any atom is -0.423 e. The van der Waals surface area contributed by atoms with Gasteiger partial charge < -0.3 is 10.0 Å². The van der Waals surface area contributed by atoms with Gasteiger partial charge in [-0.05, 0) is 26.8 Å². The normalized spacial score (nSPS) is 13.0. The van der Waals surface area contributed by atoms with Gasteiger partial charge in [0.2, 0.25) is 0 Å². The molecule has 2 aromatic heterocycles. The third kappa shape index (κ3) is 2.50. The minimum absolute atomic E-state index is 0.0864. The van der Waals surface area contributed by atoms with Crippen LogP contribution in [0.2, 0.25) is 0 Å². The van der Waals surface area contributed by atoms with Gasteiger partial charge in [0.1, 0.15) is 0 Å². The lowest BCUT2D eigenvalue weighted by atomic mass is 9.81. The average molecular weight is 287 g/mol. The molecule has 2 heterocycles. The summed E-state index contributed by atoms with van der Waals surface area (Å²) in [6.07, 6.45) is -3.53. The molecule has 0 amide bonds. The number of halogens is 3. The number of nitrogens with zero attached hydrogens (tertiary/aromatic N) is 3. The second-order valence-electron chi connectivity index (χ2n) is 5.44. The van der Waals surface area contributed by atoms with Crippen LogP contribution < -0.4 is 5.46 Å². The summed E-state index contributed by atoms with van der Waals surface area (Å²) >= 11 is 0. The van der Waals surface area contributed by atoms with Crippen LogP contribution >= 0.6 is 0 Å². The van der Waals surface area contributed by atoms with Crippen molar-refractivity contribution in [2.45, 2.75) is 32.5 Å². The molecule has 2 rings (SSSR count). The van der Waals surface area contributed by atoms with Crippen LogP contribution in [0.5, 0.6) is 0 Å². The summed E-state index contributed by atoms with van der Waals surface area (Å²) < 4.78 is 40.6. The summed E-state index contributed by atoms with van der Waals surface area (Å²) in [5.74, 6) is 0. The lowest BCUT2D eigenvalue weighted by Crippen LogP contribution is -2.30. The van der Waals surface area contributed by atoms with Gasteiger partial charge >= 0.3 is 13.3 Å². The van der Waals surface area contributed by atoms with E-state index in [4.69, 9.17) is 10.0 Å². The predicted octanol–water partition coefficient (Wildman–Crippen LogP) is 0.885. The highest BCUT2D eigenvalue weighted by Gasteiger charge is 2.40. The van der Waals surface area contributed by atoms with E-state index in [0.29, 0.717) is 0 Å². The second-order valence-corrected chi connectivity index (χ2v) is 5.44. The molecule has 20 heavy (non-hydrogen) atoms. The SMILES string of the molecule is CC(C)(C)n1nc2ncc(B(O)O)cc2c1C(F)(F)F. The molecule has 0 aliphatic carbocycles. The molecule has 0 atom stereocenters. The molecule has 2 aromatic rings. The molecule has 0 fully saturated rings. The summed E-state index contributed by atoms with van der Waals surface area (Å²) in [6, 6.07) is 1.05. The van der Waals surface area contributed by atoms with E-state index in [2.05, 4.69) is 10.1 Å². The maximum atomic E-state index is 13.3. The van der Waals surface area contributed by atoms with Crippen molar-refractivity contribution in [2.24, 2.45) is 0 Å². The number of alkyl halides is 3. The van der Waals surface area contributed by atoms with Crippen LogP contribution in [-0.4, -0.2) is 31.9 Å². The Morgan fingerprint density at radius 2 is 1.80 bits per heavy atom. The van der Waals surface area contributed by atoms with Crippen molar-refractivity contribution >= 4 is 23.6 Å². The van der Waals surface area contributed by atoms with Gasteiger partial charge in [-0.25, -0.2) is 4.98 Å². The molecule has 0 aliphatic heterocycles. The number of rotatable bonds is 1. The fourth-order valence-corrected chi connectivity index (χ4v) is 1.89. The quantitative estimate of drug-likeness (QED) is 0.764. The van der Waals surface area contributed by atoms with E-state index >= 15 is 0 Å². The van der Waals surface area contributed by atoms with Crippen LogP contribution in [0.15, 0.2) is 12.3 Å². The molecule has 0 aliphatic rings. The molecule has 9 heteroatoms. The van der Waals surface area contributed by atoms with E-state index < -0.39 is 24.5 Å². The Balaban J connectivity index is 2.83. The zero-order valence-corrected chi connectivity index (χ0v) is 11.1. The number of aromatic nitrogens is 3. The van der Waals surface area contributed by atoms with E-state index in [1.54, 1.807) is 20.8 Å². The Labute approximate surface area is 113 Å². The van der Waals surface area contributed by atoms with Gasteiger partial charge in [0, 0.05) is 11.7 Å². The van der Waals surface area contributed by atoms with Gasteiger partial charge in [-0.15, -0.1) is 0 Å². The van der Waals surface area contributed by atoms with E-state index in [1.165, 1.54) is 0 Å². The Kier molecular flexibility index (Phi) is 3.30. The van der Waals surface area contributed by atoms with Crippen molar-refractivity contribution in [3.05, 3.63) is 18.0 Å². The summed E-state index contributed by atoms with van der Waals surface area (Å²) in [5.41, 5.74) is -2.04. The molecule has 0 saturated heterocycles. The van der Waals surface area contributed by atoms with Gasteiger partial charge in [-0.3, -0.25) is 4.68 Å². The van der Waals surface area contributed by atoms with Crippen molar-refractivity contribution in [1.82, 2.24) is 14.8 Å². The third-order valence-electron chi connectivity index (χ3n) is 2.75. The minimum atomic E-state index is -4.62. The zero-order valence-electron chi connectivity index (χ0n) is 11.1. The summed E-state index contributed by atoms with van der Waals surface area (Å²) in [7, 11) is -1.88. The van der Waals surface area contributed by atoms with Gasteiger partial charge in [0.25, 0.3) is 0 Å². The first kappa shape index (κ1) is 14.8. The Bertz CT molecular complexity index is 647. The summed E-state index contributed by atoms with van der Waals surface area (Å²) in [6.45, 7) is 4.78. The van der Waals surface area contributed by atoms with Crippen molar-refractivity contribution in [1.29, 1.82) is 0 Å². The van der Waals surface area contributed by atoms with Crippen LogP contribution in [0.25, 0.3) is 11.0 Å².